The van der Waals surface area contributed by atoms with Gasteiger partial charge in [-0.25, -0.2) is 0 Å². The summed E-state index contributed by atoms with van der Waals surface area (Å²) in [4.78, 5) is 26.6. The number of ether oxygens (including phenoxy) is 5. The quantitative estimate of drug-likeness (QED) is 0.539. The smallest absolute Gasteiger partial charge is 0.293 e. The molecule has 8 nitrogen and oxygen atoms in total. The van der Waals surface area contributed by atoms with Gasteiger partial charge in [0.1, 0.15) is 12.4 Å². The molecule has 0 bridgehead atoms. The second-order valence-electron chi connectivity index (χ2n) is 6.28. The zero-order valence-electron chi connectivity index (χ0n) is 17.7. The van der Waals surface area contributed by atoms with Crippen molar-refractivity contribution in [3.8, 4) is 28.7 Å². The van der Waals surface area contributed by atoms with Crippen molar-refractivity contribution in [2.75, 3.05) is 41.6 Å². The molecule has 1 heterocycles. The summed E-state index contributed by atoms with van der Waals surface area (Å²) in [6.07, 6.45) is 1.60. The molecule has 0 radical (unpaired) electrons. The van der Waals surface area contributed by atoms with E-state index in [4.69, 9.17) is 23.7 Å². The summed E-state index contributed by atoms with van der Waals surface area (Å²) < 4.78 is 26.9. The molecule has 1 aliphatic rings. The molecule has 0 aliphatic carbocycles. The van der Waals surface area contributed by atoms with Crippen molar-refractivity contribution in [3.05, 3.63) is 46.9 Å². The molecule has 0 saturated carbocycles. The number of amides is 2. The maximum absolute atomic E-state index is 12.8. The summed E-state index contributed by atoms with van der Waals surface area (Å²) in [6.45, 7) is 0.258. The Bertz CT molecular complexity index is 1010. The van der Waals surface area contributed by atoms with Gasteiger partial charge < -0.3 is 23.7 Å². The molecule has 2 aromatic carbocycles. The lowest BCUT2D eigenvalue weighted by Crippen LogP contribution is -2.32. The second kappa shape index (κ2) is 10.1. The fraction of sp³-hybridized carbons (Fsp3) is 0.273. The number of hydrogen-bond donors (Lipinski definition) is 0. The van der Waals surface area contributed by atoms with Crippen LogP contribution in [0.2, 0.25) is 0 Å². The van der Waals surface area contributed by atoms with Crippen LogP contribution in [0, 0.1) is 0 Å². The standard InChI is InChI=1S/C22H23NO7S/c1-26-15-7-5-6-8-16(15)30-10-9-23-21(24)20(31-22(23)25)12-14-11-18(28-3)19(29-4)13-17(14)27-2/h5-8,11-13H,9-10H2,1-4H3/b20-12-. The van der Waals surface area contributed by atoms with Gasteiger partial charge in [0.2, 0.25) is 0 Å². The van der Waals surface area contributed by atoms with Gasteiger partial charge in [0.25, 0.3) is 11.1 Å². The first-order valence-electron chi connectivity index (χ1n) is 9.33. The van der Waals surface area contributed by atoms with E-state index in [0.29, 0.717) is 34.3 Å². The molecule has 9 heteroatoms. The minimum Gasteiger partial charge on any atom is -0.496 e. The third-order valence-electron chi connectivity index (χ3n) is 4.54. The van der Waals surface area contributed by atoms with Crippen LogP contribution in [-0.4, -0.2) is 57.6 Å². The van der Waals surface area contributed by atoms with Crippen molar-refractivity contribution >= 4 is 29.0 Å². The number of para-hydroxylation sites is 2. The molecule has 2 amide bonds. The summed E-state index contributed by atoms with van der Waals surface area (Å²) in [5, 5.41) is -0.362. The molecule has 0 aromatic heterocycles. The number of imide groups is 1. The molecule has 164 valence electrons. The summed E-state index contributed by atoms with van der Waals surface area (Å²) >= 11 is 0.864. The van der Waals surface area contributed by atoms with Crippen molar-refractivity contribution in [1.82, 2.24) is 4.90 Å². The van der Waals surface area contributed by atoms with E-state index >= 15 is 0 Å². The highest BCUT2D eigenvalue weighted by Gasteiger charge is 2.35. The van der Waals surface area contributed by atoms with E-state index in [2.05, 4.69) is 0 Å². The van der Waals surface area contributed by atoms with E-state index in [1.54, 1.807) is 37.5 Å². The fourth-order valence-electron chi connectivity index (χ4n) is 2.98. The number of methoxy groups -OCH3 is 4. The number of benzene rings is 2. The van der Waals surface area contributed by atoms with Gasteiger partial charge in [0, 0.05) is 11.6 Å². The van der Waals surface area contributed by atoms with E-state index in [9.17, 15) is 9.59 Å². The average molecular weight is 445 g/mol. The minimum absolute atomic E-state index is 0.114. The molecule has 1 fully saturated rings. The number of carbonyl (C=O) groups excluding carboxylic acids is 2. The first-order chi connectivity index (χ1) is 15.0. The van der Waals surface area contributed by atoms with Crippen LogP contribution in [0.5, 0.6) is 28.7 Å². The van der Waals surface area contributed by atoms with Crippen LogP contribution in [0.1, 0.15) is 5.56 Å². The Kier molecular flexibility index (Phi) is 7.30. The number of nitrogens with zero attached hydrogens (tertiary/aromatic N) is 1. The summed E-state index contributed by atoms with van der Waals surface area (Å²) in [5.74, 6) is 2.20. The zero-order valence-corrected chi connectivity index (χ0v) is 18.5. The molecule has 0 N–H and O–H groups in total. The lowest BCUT2D eigenvalue weighted by molar-refractivity contribution is -0.123. The van der Waals surface area contributed by atoms with Gasteiger partial charge in [-0.3, -0.25) is 14.5 Å². The van der Waals surface area contributed by atoms with Crippen LogP contribution in [0.3, 0.4) is 0 Å². The van der Waals surface area contributed by atoms with E-state index in [1.165, 1.54) is 21.3 Å². The topological polar surface area (TPSA) is 83.5 Å². The molecule has 31 heavy (non-hydrogen) atoms. The van der Waals surface area contributed by atoms with Crippen molar-refractivity contribution in [3.63, 3.8) is 0 Å². The van der Waals surface area contributed by atoms with Crippen LogP contribution in [0.25, 0.3) is 6.08 Å². The molecule has 1 saturated heterocycles. The third-order valence-corrected chi connectivity index (χ3v) is 5.45. The third kappa shape index (κ3) is 4.88. The lowest BCUT2D eigenvalue weighted by Gasteiger charge is -2.14. The zero-order chi connectivity index (χ0) is 22.4. The van der Waals surface area contributed by atoms with Crippen LogP contribution >= 0.6 is 11.8 Å². The Morgan fingerprint density at radius 1 is 0.839 bits per heavy atom. The van der Waals surface area contributed by atoms with Crippen LogP contribution in [0.15, 0.2) is 41.3 Å². The van der Waals surface area contributed by atoms with Crippen LogP contribution in [0.4, 0.5) is 4.79 Å². The first kappa shape index (κ1) is 22.4. The first-order valence-corrected chi connectivity index (χ1v) is 10.1. The number of hydrogen-bond acceptors (Lipinski definition) is 8. The highest BCUT2D eigenvalue weighted by molar-refractivity contribution is 8.18. The normalized spacial score (nSPS) is 14.7. The molecular formula is C22H23NO7S. The number of rotatable bonds is 9. The van der Waals surface area contributed by atoms with E-state index < -0.39 is 5.91 Å². The molecule has 3 rings (SSSR count). The van der Waals surface area contributed by atoms with Gasteiger partial charge in [-0.2, -0.15) is 0 Å². The fourth-order valence-corrected chi connectivity index (χ4v) is 3.84. The van der Waals surface area contributed by atoms with Gasteiger partial charge in [-0.15, -0.1) is 0 Å². The van der Waals surface area contributed by atoms with Gasteiger partial charge in [0.15, 0.2) is 23.0 Å². The average Bonchev–Trinajstić information content (AvgIpc) is 3.06. The Labute approximate surface area is 184 Å². The van der Waals surface area contributed by atoms with Crippen molar-refractivity contribution < 1.29 is 33.3 Å². The highest BCUT2D eigenvalue weighted by Crippen LogP contribution is 2.38. The lowest BCUT2D eigenvalue weighted by atomic mass is 10.1. The van der Waals surface area contributed by atoms with Gasteiger partial charge in [-0.05, 0) is 36.0 Å². The summed E-state index contributed by atoms with van der Waals surface area (Å²) in [5.41, 5.74) is 0.593. The molecule has 0 spiro atoms. The molecule has 1 aliphatic heterocycles. The molecule has 2 aromatic rings. The summed E-state index contributed by atoms with van der Waals surface area (Å²) in [6, 6.07) is 10.5. The second-order valence-corrected chi connectivity index (χ2v) is 7.28. The van der Waals surface area contributed by atoms with Gasteiger partial charge >= 0.3 is 0 Å². The maximum atomic E-state index is 12.8. The van der Waals surface area contributed by atoms with Gasteiger partial charge in [0.05, 0.1) is 39.9 Å². The van der Waals surface area contributed by atoms with E-state index in [-0.39, 0.29) is 23.3 Å². The Hall–Kier alpha value is -3.33. The molecule has 0 unspecified atom stereocenters. The van der Waals surface area contributed by atoms with Crippen molar-refractivity contribution in [2.45, 2.75) is 0 Å². The Morgan fingerprint density at radius 2 is 1.45 bits per heavy atom. The van der Waals surface area contributed by atoms with Gasteiger partial charge in [-0.1, -0.05) is 12.1 Å². The Morgan fingerprint density at radius 3 is 2.10 bits per heavy atom. The maximum Gasteiger partial charge on any atom is 0.293 e. The molecular weight excluding hydrogens is 422 g/mol. The van der Waals surface area contributed by atoms with Crippen molar-refractivity contribution in [1.29, 1.82) is 0 Å². The predicted molar refractivity (Wildman–Crippen MR) is 117 cm³/mol. The molecule has 0 atom stereocenters. The monoisotopic (exact) mass is 445 g/mol. The number of thioether (sulfide) groups is 1. The SMILES string of the molecule is COc1cc(OC)c(OC)cc1/C=C1\SC(=O)N(CCOc2ccccc2OC)C1=O. The number of carbonyl (C=O) groups is 2. The van der Waals surface area contributed by atoms with Crippen LogP contribution in [-0.2, 0) is 4.79 Å². The highest BCUT2D eigenvalue weighted by atomic mass is 32.2. The van der Waals surface area contributed by atoms with E-state index in [0.717, 1.165) is 16.7 Å². The Balaban J connectivity index is 1.75. The van der Waals surface area contributed by atoms with Crippen molar-refractivity contribution in [2.24, 2.45) is 0 Å². The predicted octanol–water partition coefficient (Wildman–Crippen LogP) is 3.84. The van der Waals surface area contributed by atoms with Crippen LogP contribution < -0.4 is 23.7 Å². The summed E-state index contributed by atoms with van der Waals surface area (Å²) in [7, 11) is 6.10. The van der Waals surface area contributed by atoms with E-state index in [1.807, 2.05) is 12.1 Å². The minimum atomic E-state index is -0.393. The largest absolute Gasteiger partial charge is 0.496 e.